The summed E-state index contributed by atoms with van der Waals surface area (Å²) in [7, 11) is 0. The first kappa shape index (κ1) is 44.5. The van der Waals surface area contributed by atoms with Crippen LogP contribution in [-0.2, 0) is 0 Å². The first-order valence-corrected chi connectivity index (χ1v) is 25.9. The summed E-state index contributed by atoms with van der Waals surface area (Å²) >= 11 is 0. The molecule has 0 aliphatic heterocycles. The van der Waals surface area contributed by atoms with Crippen molar-refractivity contribution in [1.82, 2.24) is 14.1 Å². The van der Waals surface area contributed by atoms with Crippen LogP contribution in [0.3, 0.4) is 0 Å². The van der Waals surface area contributed by atoms with Crippen molar-refractivity contribution in [2.45, 2.75) is 0 Å². The summed E-state index contributed by atoms with van der Waals surface area (Å²) in [6.07, 6.45) is 1.87. The largest absolute Gasteiger partial charge is 0.310 e. The fourth-order valence-corrected chi connectivity index (χ4v) is 11.2. The SMILES string of the molecule is c1ccc(N(c2ccccc2)c2ccc3c(c2)c2ccccc2n3-c2ccc(-c3cc(-c4ccc(-n5c6ccccc6c6cc(N(c7ccccc7)c7ccccc7)ccc65)cc4)cc(-c4ccccn4)c3)cc2)cc1. The molecule has 76 heavy (non-hydrogen) atoms. The highest BCUT2D eigenvalue weighted by atomic mass is 15.1. The number of para-hydroxylation sites is 6. The normalized spacial score (nSPS) is 11.4. The van der Waals surface area contributed by atoms with Gasteiger partial charge in [0.05, 0.1) is 27.8 Å². The van der Waals surface area contributed by atoms with Gasteiger partial charge >= 0.3 is 0 Å². The molecule has 0 atom stereocenters. The minimum Gasteiger partial charge on any atom is -0.310 e. The Kier molecular flexibility index (Phi) is 11.1. The molecular formula is C71H49N5. The van der Waals surface area contributed by atoms with Gasteiger partial charge in [-0.3, -0.25) is 4.98 Å². The molecule has 0 saturated carbocycles. The zero-order chi connectivity index (χ0) is 50.4. The molecule has 0 aliphatic rings. The van der Waals surface area contributed by atoms with Gasteiger partial charge in [0.1, 0.15) is 0 Å². The molecule has 3 aromatic heterocycles. The average molecular weight is 972 g/mol. The van der Waals surface area contributed by atoms with E-state index in [0.717, 1.165) is 90.0 Å². The van der Waals surface area contributed by atoms with Gasteiger partial charge in [0.25, 0.3) is 0 Å². The topological polar surface area (TPSA) is 29.2 Å². The van der Waals surface area contributed by atoms with Crippen molar-refractivity contribution in [3.05, 3.63) is 297 Å². The molecule has 3 heterocycles. The van der Waals surface area contributed by atoms with Gasteiger partial charge in [-0.05, 0) is 174 Å². The Labute approximate surface area is 441 Å². The summed E-state index contributed by atoms with van der Waals surface area (Å²) in [6.45, 7) is 0. The second kappa shape index (κ2) is 19.0. The summed E-state index contributed by atoms with van der Waals surface area (Å²) < 4.78 is 4.79. The third-order valence-electron chi connectivity index (χ3n) is 14.7. The van der Waals surface area contributed by atoms with Crippen LogP contribution in [-0.4, -0.2) is 14.1 Å². The maximum Gasteiger partial charge on any atom is 0.0702 e. The Morgan fingerprint density at radius 3 is 0.987 bits per heavy atom. The van der Waals surface area contributed by atoms with Crippen molar-refractivity contribution in [2.24, 2.45) is 0 Å². The number of fused-ring (bicyclic) bond motifs is 6. The van der Waals surface area contributed by atoms with Crippen LogP contribution >= 0.6 is 0 Å². The molecule has 5 heteroatoms. The molecule has 0 amide bonds. The van der Waals surface area contributed by atoms with Crippen LogP contribution in [0, 0.1) is 0 Å². The van der Waals surface area contributed by atoms with Gasteiger partial charge in [-0.15, -0.1) is 0 Å². The van der Waals surface area contributed by atoms with Gasteiger partial charge < -0.3 is 18.9 Å². The molecule has 5 nitrogen and oxygen atoms in total. The van der Waals surface area contributed by atoms with Crippen LogP contribution in [0.15, 0.2) is 297 Å². The summed E-state index contributed by atoms with van der Waals surface area (Å²) in [5.41, 5.74) is 20.1. The van der Waals surface area contributed by atoms with Crippen molar-refractivity contribution in [2.75, 3.05) is 9.80 Å². The third kappa shape index (κ3) is 7.95. The minimum atomic E-state index is 0.935. The maximum absolute atomic E-state index is 4.82. The lowest BCUT2D eigenvalue weighted by molar-refractivity contribution is 1.18. The minimum absolute atomic E-state index is 0.935. The van der Waals surface area contributed by atoms with Crippen LogP contribution in [0.4, 0.5) is 34.1 Å². The number of aromatic nitrogens is 3. The lowest BCUT2D eigenvalue weighted by atomic mass is 9.94. The highest BCUT2D eigenvalue weighted by molar-refractivity contribution is 6.12. The zero-order valence-electron chi connectivity index (χ0n) is 41.5. The van der Waals surface area contributed by atoms with E-state index in [9.17, 15) is 0 Å². The van der Waals surface area contributed by atoms with E-state index in [4.69, 9.17) is 4.98 Å². The predicted molar refractivity (Wildman–Crippen MR) is 319 cm³/mol. The smallest absolute Gasteiger partial charge is 0.0702 e. The number of anilines is 6. The monoisotopic (exact) mass is 971 g/mol. The lowest BCUT2D eigenvalue weighted by Crippen LogP contribution is -2.09. The fourth-order valence-electron chi connectivity index (χ4n) is 11.2. The Morgan fingerprint density at radius 1 is 0.237 bits per heavy atom. The number of pyridine rings is 1. The van der Waals surface area contributed by atoms with Crippen molar-refractivity contribution < 1.29 is 0 Å². The summed E-state index contributed by atoms with van der Waals surface area (Å²) in [5.74, 6) is 0. The molecule has 0 aliphatic carbocycles. The highest BCUT2D eigenvalue weighted by Crippen LogP contribution is 2.43. The standard InChI is InChI=1S/C71H49N5/c1-5-19-55(20-6-1)73(56-21-7-2-8-22-56)61-40-42-70-65(48-61)63-27-13-15-30-68(63)75(70)59-36-32-50(33-37-59)52-45-53(47-54(46-52)67-29-17-18-44-72-67)51-34-38-60(39-35-51)76-69-31-16-14-28-64(69)66-49-62(41-43-71(66)76)74(57-23-9-3-10-24-57)58-25-11-4-12-26-58/h1-49H. The molecule has 0 unspecified atom stereocenters. The molecule has 14 rings (SSSR count). The second-order valence-corrected chi connectivity index (χ2v) is 19.2. The van der Waals surface area contributed by atoms with Crippen molar-refractivity contribution in [3.63, 3.8) is 0 Å². The van der Waals surface area contributed by atoms with Crippen LogP contribution in [0.1, 0.15) is 0 Å². The molecule has 14 aromatic rings. The summed E-state index contributed by atoms with van der Waals surface area (Å²) in [4.78, 5) is 9.48. The predicted octanol–water partition coefficient (Wildman–Crippen LogP) is 19.2. The van der Waals surface area contributed by atoms with E-state index in [1.54, 1.807) is 0 Å². The molecular weight excluding hydrogens is 923 g/mol. The maximum atomic E-state index is 4.82. The summed E-state index contributed by atoms with van der Waals surface area (Å²) in [6, 6.07) is 105. The Balaban J connectivity index is 0.826. The average Bonchev–Trinajstić information content (AvgIpc) is 4.11. The Bertz CT molecular complexity index is 4020. The molecule has 0 saturated heterocycles. The van der Waals surface area contributed by atoms with Gasteiger partial charge in [0.2, 0.25) is 0 Å². The van der Waals surface area contributed by atoms with Crippen LogP contribution in [0.25, 0.3) is 88.5 Å². The Morgan fingerprint density at radius 2 is 0.592 bits per heavy atom. The van der Waals surface area contributed by atoms with E-state index < -0.39 is 0 Å². The molecule has 0 spiro atoms. The first-order valence-electron chi connectivity index (χ1n) is 25.9. The van der Waals surface area contributed by atoms with Gasteiger partial charge in [0, 0.05) is 78.8 Å². The fraction of sp³-hybridized carbons (Fsp3) is 0. The second-order valence-electron chi connectivity index (χ2n) is 19.2. The van der Waals surface area contributed by atoms with E-state index in [0.29, 0.717) is 0 Å². The number of rotatable bonds is 11. The number of hydrogen-bond acceptors (Lipinski definition) is 3. The molecule has 0 N–H and O–H groups in total. The van der Waals surface area contributed by atoms with Crippen molar-refractivity contribution >= 4 is 77.7 Å². The van der Waals surface area contributed by atoms with Gasteiger partial charge in [-0.1, -0.05) is 140 Å². The van der Waals surface area contributed by atoms with Gasteiger partial charge in [0.15, 0.2) is 0 Å². The summed E-state index contributed by atoms with van der Waals surface area (Å²) in [5, 5.41) is 4.83. The molecule has 11 aromatic carbocycles. The van der Waals surface area contributed by atoms with Crippen LogP contribution in [0.2, 0.25) is 0 Å². The quantitative estimate of drug-likeness (QED) is 0.129. The lowest BCUT2D eigenvalue weighted by Gasteiger charge is -2.25. The highest BCUT2D eigenvalue weighted by Gasteiger charge is 2.20. The van der Waals surface area contributed by atoms with Crippen LogP contribution < -0.4 is 9.80 Å². The first-order chi connectivity index (χ1) is 37.7. The van der Waals surface area contributed by atoms with Gasteiger partial charge in [-0.25, -0.2) is 0 Å². The number of nitrogens with zero attached hydrogens (tertiary/aromatic N) is 5. The van der Waals surface area contributed by atoms with E-state index in [1.165, 1.54) is 32.6 Å². The molecule has 0 fully saturated rings. The zero-order valence-corrected chi connectivity index (χ0v) is 41.5. The van der Waals surface area contributed by atoms with Crippen molar-refractivity contribution in [3.8, 4) is 44.9 Å². The van der Waals surface area contributed by atoms with Crippen molar-refractivity contribution in [1.29, 1.82) is 0 Å². The van der Waals surface area contributed by atoms with Gasteiger partial charge in [-0.2, -0.15) is 0 Å². The number of hydrogen-bond donors (Lipinski definition) is 0. The van der Waals surface area contributed by atoms with Crippen LogP contribution in [0.5, 0.6) is 0 Å². The van der Waals surface area contributed by atoms with E-state index in [2.05, 4.69) is 304 Å². The third-order valence-corrected chi connectivity index (χ3v) is 14.7. The van der Waals surface area contributed by atoms with E-state index >= 15 is 0 Å². The van der Waals surface area contributed by atoms with E-state index in [1.807, 2.05) is 12.3 Å². The molecule has 358 valence electrons. The molecule has 0 bridgehead atoms. The molecule has 0 radical (unpaired) electrons. The Hall–Kier alpha value is -10.2. The number of benzene rings is 11. The van der Waals surface area contributed by atoms with E-state index in [-0.39, 0.29) is 0 Å².